The van der Waals surface area contributed by atoms with E-state index in [0.717, 1.165) is 6.07 Å². The fourth-order valence-electron chi connectivity index (χ4n) is 3.26. The molecule has 4 aromatic rings. The van der Waals surface area contributed by atoms with Gasteiger partial charge in [0, 0.05) is 22.7 Å². The molecule has 2 aromatic carbocycles. The maximum absolute atomic E-state index is 14.6. The van der Waals surface area contributed by atoms with Crippen LogP contribution in [-0.4, -0.2) is 15.8 Å². The van der Waals surface area contributed by atoms with E-state index in [1.54, 1.807) is 42.5 Å². The van der Waals surface area contributed by atoms with E-state index in [1.165, 1.54) is 25.3 Å². The quantitative estimate of drug-likeness (QED) is 0.293. The minimum absolute atomic E-state index is 0.0493. The Bertz CT molecular complexity index is 1280. The maximum Gasteiger partial charge on any atom is 0.433 e. The third-order valence-electron chi connectivity index (χ3n) is 4.75. The number of alkyl halides is 3. The average molecular weight is 410 g/mol. The summed E-state index contributed by atoms with van der Waals surface area (Å²) >= 11 is 0. The molecule has 0 saturated carbocycles. The molecule has 2 heterocycles. The average Bonchev–Trinajstić information content (AvgIpc) is 2.73. The minimum Gasteiger partial charge on any atom is -0.295 e. The number of ketones is 1. The van der Waals surface area contributed by atoms with Gasteiger partial charge in [0.15, 0.2) is 11.4 Å². The van der Waals surface area contributed by atoms with Crippen molar-refractivity contribution in [3.63, 3.8) is 0 Å². The third kappa shape index (κ3) is 3.66. The smallest absolute Gasteiger partial charge is 0.295 e. The summed E-state index contributed by atoms with van der Waals surface area (Å²) in [6.45, 7) is 1.43. The number of benzene rings is 2. The molecule has 0 unspecified atom stereocenters. The topological polar surface area (TPSA) is 42.9 Å². The lowest BCUT2D eigenvalue weighted by Gasteiger charge is -2.11. The SMILES string of the molecule is CC(=O)c1cccc(-c2cc(-c3ccnc4nc(C(F)(F)F)ccc34)ccc2F)c1. The lowest BCUT2D eigenvalue weighted by molar-refractivity contribution is -0.141. The van der Waals surface area contributed by atoms with Gasteiger partial charge in [-0.1, -0.05) is 24.3 Å². The molecule has 0 radical (unpaired) electrons. The summed E-state index contributed by atoms with van der Waals surface area (Å²) in [4.78, 5) is 19.2. The highest BCUT2D eigenvalue weighted by Gasteiger charge is 2.32. The van der Waals surface area contributed by atoms with E-state index >= 15 is 0 Å². The van der Waals surface area contributed by atoms with Crippen molar-refractivity contribution in [2.45, 2.75) is 13.1 Å². The predicted molar refractivity (Wildman–Crippen MR) is 105 cm³/mol. The van der Waals surface area contributed by atoms with Crippen molar-refractivity contribution in [2.24, 2.45) is 0 Å². The molecule has 0 aliphatic rings. The second-order valence-corrected chi connectivity index (χ2v) is 6.76. The fourth-order valence-corrected chi connectivity index (χ4v) is 3.26. The van der Waals surface area contributed by atoms with E-state index in [2.05, 4.69) is 9.97 Å². The molecular formula is C23H14F4N2O. The van der Waals surface area contributed by atoms with Crippen LogP contribution in [0.2, 0.25) is 0 Å². The van der Waals surface area contributed by atoms with Crippen molar-refractivity contribution in [1.82, 2.24) is 9.97 Å². The number of fused-ring (bicyclic) bond motifs is 1. The molecule has 0 spiro atoms. The Labute approximate surface area is 169 Å². The number of aromatic nitrogens is 2. The molecule has 30 heavy (non-hydrogen) atoms. The molecule has 7 heteroatoms. The van der Waals surface area contributed by atoms with Crippen LogP contribution in [0.4, 0.5) is 17.6 Å². The lowest BCUT2D eigenvalue weighted by atomic mass is 9.96. The van der Waals surface area contributed by atoms with Gasteiger partial charge in [-0.25, -0.2) is 14.4 Å². The lowest BCUT2D eigenvalue weighted by Crippen LogP contribution is -2.08. The molecule has 0 atom stereocenters. The number of nitrogens with zero attached hydrogens (tertiary/aromatic N) is 2. The van der Waals surface area contributed by atoms with Gasteiger partial charge in [0.05, 0.1) is 0 Å². The highest BCUT2D eigenvalue weighted by Crippen LogP contribution is 2.34. The number of pyridine rings is 2. The van der Waals surface area contributed by atoms with Gasteiger partial charge in [0.1, 0.15) is 11.5 Å². The summed E-state index contributed by atoms with van der Waals surface area (Å²) in [5.41, 5.74) is 1.35. The van der Waals surface area contributed by atoms with Gasteiger partial charge < -0.3 is 0 Å². The van der Waals surface area contributed by atoms with Gasteiger partial charge in [0.2, 0.25) is 0 Å². The Balaban J connectivity index is 1.86. The van der Waals surface area contributed by atoms with Crippen molar-refractivity contribution in [1.29, 1.82) is 0 Å². The molecule has 0 amide bonds. The van der Waals surface area contributed by atoms with Crippen LogP contribution in [-0.2, 0) is 6.18 Å². The monoisotopic (exact) mass is 410 g/mol. The van der Waals surface area contributed by atoms with E-state index in [0.29, 0.717) is 27.6 Å². The van der Waals surface area contributed by atoms with Gasteiger partial charge in [-0.2, -0.15) is 13.2 Å². The van der Waals surface area contributed by atoms with Gasteiger partial charge in [-0.3, -0.25) is 4.79 Å². The molecule has 0 bridgehead atoms. The summed E-state index contributed by atoms with van der Waals surface area (Å²) in [6.07, 6.45) is -3.21. The molecule has 3 nitrogen and oxygen atoms in total. The van der Waals surface area contributed by atoms with Crippen LogP contribution in [0, 0.1) is 5.82 Å². The highest BCUT2D eigenvalue weighted by atomic mass is 19.4. The third-order valence-corrected chi connectivity index (χ3v) is 4.75. The van der Waals surface area contributed by atoms with Crippen molar-refractivity contribution in [2.75, 3.05) is 0 Å². The molecule has 2 aromatic heterocycles. The van der Waals surface area contributed by atoms with Gasteiger partial charge in [-0.05, 0) is 60.0 Å². The molecule has 0 N–H and O–H groups in total. The minimum atomic E-state index is -4.57. The highest BCUT2D eigenvalue weighted by molar-refractivity contribution is 5.96. The Morgan fingerprint density at radius 3 is 2.40 bits per heavy atom. The zero-order valence-electron chi connectivity index (χ0n) is 15.7. The number of carbonyl (C=O) groups is 1. The Hall–Kier alpha value is -3.61. The van der Waals surface area contributed by atoms with E-state index in [9.17, 15) is 22.4 Å². The number of Topliss-reactive ketones (excluding diaryl/α,β-unsaturated/α-hetero) is 1. The molecule has 0 aliphatic heterocycles. The first-order valence-electron chi connectivity index (χ1n) is 8.98. The molecule has 4 rings (SSSR count). The first-order chi connectivity index (χ1) is 14.2. The Kier molecular flexibility index (Phi) is 4.81. The van der Waals surface area contributed by atoms with Crippen LogP contribution in [0.1, 0.15) is 23.0 Å². The normalized spacial score (nSPS) is 11.6. The largest absolute Gasteiger partial charge is 0.433 e. The Morgan fingerprint density at radius 2 is 1.67 bits per heavy atom. The number of rotatable bonds is 3. The number of hydrogen-bond acceptors (Lipinski definition) is 3. The molecule has 0 aliphatic carbocycles. The second-order valence-electron chi connectivity index (χ2n) is 6.76. The van der Waals surface area contributed by atoms with E-state index in [1.807, 2.05) is 0 Å². The van der Waals surface area contributed by atoms with Crippen molar-refractivity contribution >= 4 is 16.8 Å². The summed E-state index contributed by atoms with van der Waals surface area (Å²) in [7, 11) is 0. The van der Waals surface area contributed by atoms with Crippen LogP contribution in [0.15, 0.2) is 66.9 Å². The number of carbonyl (C=O) groups excluding carboxylic acids is 1. The van der Waals surface area contributed by atoms with Gasteiger partial charge in [-0.15, -0.1) is 0 Å². The van der Waals surface area contributed by atoms with Gasteiger partial charge in [0.25, 0.3) is 0 Å². The van der Waals surface area contributed by atoms with Gasteiger partial charge >= 0.3 is 6.18 Å². The van der Waals surface area contributed by atoms with Crippen molar-refractivity contribution in [3.05, 3.63) is 83.9 Å². The molecular weight excluding hydrogens is 396 g/mol. The van der Waals surface area contributed by atoms with Crippen LogP contribution in [0.3, 0.4) is 0 Å². The summed E-state index contributed by atoms with van der Waals surface area (Å²) in [5, 5.41) is 0.417. The fraction of sp³-hybridized carbons (Fsp3) is 0.0870. The molecule has 0 saturated heterocycles. The molecule has 0 fully saturated rings. The summed E-state index contributed by atoms with van der Waals surface area (Å²) in [6, 6.07) is 14.9. The zero-order chi connectivity index (χ0) is 21.5. The summed E-state index contributed by atoms with van der Waals surface area (Å²) in [5.74, 6) is -0.615. The summed E-state index contributed by atoms with van der Waals surface area (Å²) < 4.78 is 53.4. The van der Waals surface area contributed by atoms with E-state index in [-0.39, 0.29) is 17.0 Å². The van der Waals surface area contributed by atoms with E-state index < -0.39 is 17.7 Å². The van der Waals surface area contributed by atoms with Crippen LogP contribution in [0.5, 0.6) is 0 Å². The predicted octanol–water partition coefficient (Wildman–Crippen LogP) is 6.32. The van der Waals surface area contributed by atoms with Crippen molar-refractivity contribution in [3.8, 4) is 22.3 Å². The number of hydrogen-bond donors (Lipinski definition) is 0. The maximum atomic E-state index is 14.6. The van der Waals surface area contributed by atoms with Crippen LogP contribution >= 0.6 is 0 Å². The van der Waals surface area contributed by atoms with Crippen LogP contribution < -0.4 is 0 Å². The first kappa shape index (κ1) is 19.7. The van der Waals surface area contributed by atoms with Crippen LogP contribution in [0.25, 0.3) is 33.3 Å². The number of halogens is 4. The van der Waals surface area contributed by atoms with E-state index in [4.69, 9.17) is 0 Å². The molecule has 150 valence electrons. The first-order valence-corrected chi connectivity index (χ1v) is 8.98. The standard InChI is InChI=1S/C23H14F4N2O/c1-13(30)14-3-2-4-15(11-14)19-12-16(5-7-20(19)24)17-9-10-28-22-18(17)6-8-21(29-22)23(25,26)27/h2-12H,1H3. The Morgan fingerprint density at radius 1 is 0.900 bits per heavy atom. The zero-order valence-corrected chi connectivity index (χ0v) is 15.7. The second kappa shape index (κ2) is 7.33. The van der Waals surface area contributed by atoms with Crippen molar-refractivity contribution < 1.29 is 22.4 Å².